The van der Waals surface area contributed by atoms with Gasteiger partial charge in [-0.3, -0.25) is 19.8 Å². The van der Waals surface area contributed by atoms with Gasteiger partial charge in [0.15, 0.2) is 0 Å². The number of amides is 4. The summed E-state index contributed by atoms with van der Waals surface area (Å²) in [5.74, 6) is -0.522. The molecule has 166 valence electrons. The number of carbonyl (C=O) groups is 3. The van der Waals surface area contributed by atoms with Crippen LogP contribution in [0.25, 0.3) is 0 Å². The monoisotopic (exact) mass is 454 g/mol. The molecule has 3 aliphatic rings. The van der Waals surface area contributed by atoms with Crippen LogP contribution in [-0.4, -0.2) is 70.5 Å². The standard InChI is InChI=1S/C22H23ClN6O3/c23-19-4-2-17(12-24-19)27-9-7-26(8-10-27)13-15-1-3-18-16(11-15)14-29(21(18)31)28-6-5-20(30)25-22(28)32/h1-4,11-12H,5-10,13-14H2,(H,25,30,32). The number of imide groups is 1. The van der Waals surface area contributed by atoms with Crippen molar-refractivity contribution in [2.24, 2.45) is 0 Å². The summed E-state index contributed by atoms with van der Waals surface area (Å²) in [6, 6.07) is 9.13. The Bertz CT molecular complexity index is 1070. The number of nitrogens with one attached hydrogen (secondary N) is 1. The van der Waals surface area contributed by atoms with Gasteiger partial charge in [-0.25, -0.2) is 19.8 Å². The molecule has 0 radical (unpaired) electrons. The van der Waals surface area contributed by atoms with Crippen LogP contribution in [0.15, 0.2) is 36.5 Å². The number of hydrogen-bond donors (Lipinski definition) is 1. The van der Waals surface area contributed by atoms with Crippen LogP contribution >= 0.6 is 11.6 Å². The molecule has 0 bridgehead atoms. The molecule has 10 heteroatoms. The van der Waals surface area contributed by atoms with Gasteiger partial charge in [-0.1, -0.05) is 23.7 Å². The van der Waals surface area contributed by atoms with E-state index in [0.29, 0.717) is 17.3 Å². The van der Waals surface area contributed by atoms with Crippen molar-refractivity contribution < 1.29 is 14.4 Å². The van der Waals surface area contributed by atoms with Gasteiger partial charge >= 0.3 is 6.03 Å². The fourth-order valence-electron chi connectivity index (χ4n) is 4.42. The van der Waals surface area contributed by atoms with Gasteiger partial charge in [-0.05, 0) is 29.3 Å². The van der Waals surface area contributed by atoms with Gasteiger partial charge in [0.2, 0.25) is 5.91 Å². The summed E-state index contributed by atoms with van der Waals surface area (Å²) >= 11 is 5.88. The van der Waals surface area contributed by atoms with Crippen molar-refractivity contribution in [2.45, 2.75) is 19.5 Å². The Morgan fingerprint density at radius 1 is 0.969 bits per heavy atom. The molecule has 1 N–H and O–H groups in total. The highest BCUT2D eigenvalue weighted by Gasteiger charge is 2.36. The summed E-state index contributed by atoms with van der Waals surface area (Å²) in [7, 11) is 0. The molecule has 4 heterocycles. The third-order valence-electron chi connectivity index (χ3n) is 6.13. The van der Waals surface area contributed by atoms with Crippen LogP contribution < -0.4 is 10.2 Å². The molecule has 1 aromatic heterocycles. The van der Waals surface area contributed by atoms with E-state index in [0.717, 1.165) is 49.5 Å². The Kier molecular flexibility index (Phi) is 5.44. The number of pyridine rings is 1. The van der Waals surface area contributed by atoms with Crippen LogP contribution in [0.5, 0.6) is 0 Å². The highest BCUT2D eigenvalue weighted by atomic mass is 35.5. The predicted octanol–water partition coefficient (Wildman–Crippen LogP) is 1.87. The number of hydrazine groups is 1. The normalized spacial score (nSPS) is 19.4. The fourth-order valence-corrected chi connectivity index (χ4v) is 4.53. The molecule has 1 aromatic carbocycles. The van der Waals surface area contributed by atoms with E-state index in [1.807, 2.05) is 24.3 Å². The predicted molar refractivity (Wildman–Crippen MR) is 118 cm³/mol. The van der Waals surface area contributed by atoms with Gasteiger partial charge in [-0.2, -0.15) is 0 Å². The van der Waals surface area contributed by atoms with Crippen molar-refractivity contribution in [2.75, 3.05) is 37.6 Å². The first-order valence-corrected chi connectivity index (χ1v) is 11.0. The zero-order chi connectivity index (χ0) is 22.2. The van der Waals surface area contributed by atoms with Gasteiger partial charge in [-0.15, -0.1) is 0 Å². The minimum absolute atomic E-state index is 0.190. The number of anilines is 1. The van der Waals surface area contributed by atoms with E-state index in [9.17, 15) is 14.4 Å². The molecule has 5 rings (SSSR count). The van der Waals surface area contributed by atoms with E-state index in [1.165, 1.54) is 10.0 Å². The largest absolute Gasteiger partial charge is 0.368 e. The second-order valence-electron chi connectivity index (χ2n) is 8.18. The lowest BCUT2D eigenvalue weighted by atomic mass is 10.1. The summed E-state index contributed by atoms with van der Waals surface area (Å²) in [4.78, 5) is 45.2. The van der Waals surface area contributed by atoms with E-state index in [4.69, 9.17) is 11.6 Å². The van der Waals surface area contributed by atoms with Crippen molar-refractivity contribution in [3.05, 3.63) is 58.4 Å². The van der Waals surface area contributed by atoms with Crippen LogP contribution in [0.3, 0.4) is 0 Å². The molecule has 0 aliphatic carbocycles. The molecule has 4 amide bonds. The number of rotatable bonds is 4. The summed E-state index contributed by atoms with van der Waals surface area (Å²) in [6.07, 6.45) is 1.99. The van der Waals surface area contributed by atoms with E-state index in [-0.39, 0.29) is 24.8 Å². The molecule has 0 atom stereocenters. The van der Waals surface area contributed by atoms with Crippen molar-refractivity contribution in [3.8, 4) is 0 Å². The van der Waals surface area contributed by atoms with Crippen molar-refractivity contribution in [3.63, 3.8) is 0 Å². The Balaban J connectivity index is 1.21. The Hall–Kier alpha value is -3.17. The van der Waals surface area contributed by atoms with Crippen molar-refractivity contribution in [1.29, 1.82) is 0 Å². The quantitative estimate of drug-likeness (QED) is 0.709. The number of aromatic nitrogens is 1. The van der Waals surface area contributed by atoms with E-state index in [2.05, 4.69) is 26.2 Å². The zero-order valence-corrected chi connectivity index (χ0v) is 18.2. The van der Waals surface area contributed by atoms with Crippen LogP contribution in [0, 0.1) is 0 Å². The second-order valence-corrected chi connectivity index (χ2v) is 8.57. The van der Waals surface area contributed by atoms with E-state index in [1.54, 1.807) is 6.20 Å². The van der Waals surface area contributed by atoms with Crippen LogP contribution in [0.1, 0.15) is 27.9 Å². The first kappa shape index (κ1) is 20.7. The number of hydrogen-bond acceptors (Lipinski definition) is 6. The van der Waals surface area contributed by atoms with Crippen molar-refractivity contribution in [1.82, 2.24) is 25.2 Å². The SMILES string of the molecule is O=C1CCN(N2Cc3cc(CN4CCN(c5ccc(Cl)nc5)CC4)ccc3C2=O)C(=O)N1. The third kappa shape index (κ3) is 4.01. The summed E-state index contributed by atoms with van der Waals surface area (Å²) in [5.41, 5.74) is 3.73. The Morgan fingerprint density at radius 3 is 2.50 bits per heavy atom. The topological polar surface area (TPSA) is 89.1 Å². The van der Waals surface area contributed by atoms with Crippen LogP contribution in [0.4, 0.5) is 10.5 Å². The molecule has 2 aromatic rings. The molecule has 0 saturated carbocycles. The number of halogens is 1. The summed E-state index contributed by atoms with van der Waals surface area (Å²) < 4.78 is 0. The minimum Gasteiger partial charge on any atom is -0.368 e. The zero-order valence-electron chi connectivity index (χ0n) is 17.5. The number of fused-ring (bicyclic) bond motifs is 1. The maximum atomic E-state index is 12.8. The van der Waals surface area contributed by atoms with E-state index < -0.39 is 6.03 Å². The minimum atomic E-state index is -0.545. The molecule has 9 nitrogen and oxygen atoms in total. The molecule has 2 saturated heterocycles. The Labute approximate surface area is 190 Å². The van der Waals surface area contributed by atoms with Gasteiger partial charge in [0.1, 0.15) is 5.15 Å². The molecule has 0 unspecified atom stereocenters. The van der Waals surface area contributed by atoms with Gasteiger partial charge in [0, 0.05) is 44.7 Å². The lowest BCUT2D eigenvalue weighted by Crippen LogP contribution is -2.56. The number of piperazine rings is 1. The molecular formula is C22H23ClN6O3. The van der Waals surface area contributed by atoms with E-state index >= 15 is 0 Å². The number of carbonyl (C=O) groups excluding carboxylic acids is 3. The highest BCUT2D eigenvalue weighted by molar-refractivity contribution is 6.29. The molecule has 0 spiro atoms. The average molecular weight is 455 g/mol. The molecular weight excluding hydrogens is 432 g/mol. The van der Waals surface area contributed by atoms with Gasteiger partial charge in [0.05, 0.1) is 25.0 Å². The summed E-state index contributed by atoms with van der Waals surface area (Å²) in [6.45, 7) is 5.00. The van der Waals surface area contributed by atoms with Crippen LogP contribution in [0.2, 0.25) is 5.15 Å². The maximum Gasteiger partial charge on any atom is 0.342 e. The Morgan fingerprint density at radius 2 is 1.78 bits per heavy atom. The summed E-state index contributed by atoms with van der Waals surface area (Å²) in [5, 5.41) is 5.52. The maximum absolute atomic E-state index is 12.8. The highest BCUT2D eigenvalue weighted by Crippen LogP contribution is 2.27. The lowest BCUT2D eigenvalue weighted by molar-refractivity contribution is -0.123. The smallest absolute Gasteiger partial charge is 0.342 e. The van der Waals surface area contributed by atoms with Crippen LogP contribution in [-0.2, 0) is 17.9 Å². The molecule has 2 fully saturated rings. The molecule has 32 heavy (non-hydrogen) atoms. The average Bonchev–Trinajstić information content (AvgIpc) is 3.10. The van der Waals surface area contributed by atoms with Gasteiger partial charge in [0.25, 0.3) is 5.91 Å². The first-order valence-electron chi connectivity index (χ1n) is 10.6. The molecule has 3 aliphatic heterocycles. The first-order chi connectivity index (χ1) is 15.5. The number of nitrogens with zero attached hydrogens (tertiary/aromatic N) is 5. The fraction of sp³-hybridized carbons (Fsp3) is 0.364. The second kappa shape index (κ2) is 8.40. The van der Waals surface area contributed by atoms with Crippen molar-refractivity contribution >= 4 is 35.1 Å². The lowest BCUT2D eigenvalue weighted by Gasteiger charge is -2.36. The number of urea groups is 1. The number of benzene rings is 1. The third-order valence-corrected chi connectivity index (χ3v) is 6.36. The van der Waals surface area contributed by atoms with Gasteiger partial charge < -0.3 is 4.90 Å².